The zero-order valence-corrected chi connectivity index (χ0v) is 21.1. The highest BCUT2D eigenvalue weighted by molar-refractivity contribution is 6.16. The van der Waals surface area contributed by atoms with Crippen molar-refractivity contribution in [2.45, 2.75) is 0 Å². The van der Waals surface area contributed by atoms with Crippen LogP contribution >= 0.6 is 0 Å². The van der Waals surface area contributed by atoms with Crippen molar-refractivity contribution in [1.82, 2.24) is 14.4 Å². The molecule has 0 radical (unpaired) electrons. The zero-order valence-electron chi connectivity index (χ0n) is 21.1. The Balaban J connectivity index is 1.46. The molecular formula is C36H23N3. The van der Waals surface area contributed by atoms with Gasteiger partial charge in [0.2, 0.25) is 0 Å². The van der Waals surface area contributed by atoms with Crippen LogP contribution < -0.4 is 0 Å². The quantitative estimate of drug-likeness (QED) is 0.228. The van der Waals surface area contributed by atoms with Crippen LogP contribution in [-0.4, -0.2) is 14.4 Å². The molecule has 0 saturated carbocycles. The van der Waals surface area contributed by atoms with Crippen molar-refractivity contribution in [3.8, 4) is 33.8 Å². The number of aromatic nitrogens is 3. The Bertz CT molecular complexity index is 2140. The molecule has 0 amide bonds. The average Bonchev–Trinajstić information content (AvgIpc) is 3.42. The van der Waals surface area contributed by atoms with Crippen molar-refractivity contribution in [1.29, 1.82) is 0 Å². The van der Waals surface area contributed by atoms with Gasteiger partial charge >= 0.3 is 0 Å². The van der Waals surface area contributed by atoms with Crippen LogP contribution in [0.5, 0.6) is 0 Å². The summed E-state index contributed by atoms with van der Waals surface area (Å²) in [6.45, 7) is 0. The standard InChI is InChI=1S/C36H23N3/c1-3-11-24(12-4-1)25-19-21-27(22-20-25)35-37-34(26-13-5-2-6-14-26)31-23-33-30-17-8-7-15-28(30)29-16-9-10-18-32(29)39(33)36(31)38-35/h1-23H. The summed E-state index contributed by atoms with van der Waals surface area (Å²) in [4.78, 5) is 10.4. The van der Waals surface area contributed by atoms with E-state index in [0.29, 0.717) is 0 Å². The van der Waals surface area contributed by atoms with Gasteiger partial charge in [-0.1, -0.05) is 127 Å². The van der Waals surface area contributed by atoms with Gasteiger partial charge in [0.15, 0.2) is 5.82 Å². The third kappa shape index (κ3) is 3.44. The second kappa shape index (κ2) is 8.64. The van der Waals surface area contributed by atoms with E-state index in [9.17, 15) is 0 Å². The predicted octanol–water partition coefficient (Wildman–Crippen LogP) is 9.19. The Labute approximate surface area is 225 Å². The molecule has 3 aromatic heterocycles. The molecule has 5 aromatic carbocycles. The number of pyridine rings is 1. The number of para-hydroxylation sites is 1. The highest BCUT2D eigenvalue weighted by Crippen LogP contribution is 2.37. The average molecular weight is 498 g/mol. The van der Waals surface area contributed by atoms with Gasteiger partial charge in [0, 0.05) is 27.3 Å². The Kier molecular flexibility index (Phi) is 4.82. The maximum absolute atomic E-state index is 5.23. The maximum Gasteiger partial charge on any atom is 0.162 e. The normalized spacial score (nSPS) is 11.6. The van der Waals surface area contributed by atoms with Crippen LogP contribution in [0.25, 0.3) is 72.0 Å². The summed E-state index contributed by atoms with van der Waals surface area (Å²) in [6, 6.07) is 48.9. The molecule has 0 unspecified atom stereocenters. The predicted molar refractivity (Wildman–Crippen MR) is 162 cm³/mol. The van der Waals surface area contributed by atoms with Gasteiger partial charge in [-0.15, -0.1) is 0 Å². The largest absolute Gasteiger partial charge is 0.293 e. The molecule has 0 aliphatic carbocycles. The first-order valence-corrected chi connectivity index (χ1v) is 13.2. The van der Waals surface area contributed by atoms with Crippen molar-refractivity contribution < 1.29 is 0 Å². The van der Waals surface area contributed by atoms with Crippen LogP contribution in [0.2, 0.25) is 0 Å². The highest BCUT2D eigenvalue weighted by atomic mass is 15.0. The lowest BCUT2D eigenvalue weighted by atomic mass is 10.0. The van der Waals surface area contributed by atoms with Gasteiger partial charge in [-0.3, -0.25) is 4.40 Å². The Morgan fingerprint density at radius 3 is 1.64 bits per heavy atom. The Morgan fingerprint density at radius 2 is 0.923 bits per heavy atom. The minimum atomic E-state index is 0.721. The van der Waals surface area contributed by atoms with Crippen LogP contribution in [0.15, 0.2) is 140 Å². The number of benzene rings is 5. The Morgan fingerprint density at radius 1 is 0.385 bits per heavy atom. The van der Waals surface area contributed by atoms with Gasteiger partial charge < -0.3 is 0 Å². The molecule has 0 N–H and O–H groups in total. The van der Waals surface area contributed by atoms with Crippen molar-refractivity contribution >= 4 is 38.2 Å². The van der Waals surface area contributed by atoms with Crippen LogP contribution in [0.1, 0.15) is 0 Å². The summed E-state index contributed by atoms with van der Waals surface area (Å²) in [7, 11) is 0. The number of rotatable bonds is 3. The summed E-state index contributed by atoms with van der Waals surface area (Å²) in [5, 5.41) is 4.72. The van der Waals surface area contributed by atoms with Gasteiger partial charge in [0.05, 0.1) is 16.7 Å². The first kappa shape index (κ1) is 21.8. The van der Waals surface area contributed by atoms with E-state index in [-0.39, 0.29) is 0 Å². The molecule has 182 valence electrons. The summed E-state index contributed by atoms with van der Waals surface area (Å²) in [6.07, 6.45) is 0. The van der Waals surface area contributed by atoms with Crippen LogP contribution in [0.3, 0.4) is 0 Å². The molecular weight excluding hydrogens is 474 g/mol. The monoisotopic (exact) mass is 497 g/mol. The third-order valence-corrected chi connectivity index (χ3v) is 7.59. The molecule has 0 saturated heterocycles. The number of hydrogen-bond acceptors (Lipinski definition) is 2. The first-order valence-electron chi connectivity index (χ1n) is 13.2. The first-order chi connectivity index (χ1) is 19.3. The second-order valence-corrected chi connectivity index (χ2v) is 9.87. The smallest absolute Gasteiger partial charge is 0.162 e. The molecule has 8 rings (SSSR count). The van der Waals surface area contributed by atoms with Crippen LogP contribution in [0, 0.1) is 0 Å². The molecule has 0 fully saturated rings. The molecule has 3 nitrogen and oxygen atoms in total. The molecule has 0 bridgehead atoms. The lowest BCUT2D eigenvalue weighted by molar-refractivity contribution is 1.18. The van der Waals surface area contributed by atoms with Crippen molar-refractivity contribution in [3.63, 3.8) is 0 Å². The van der Waals surface area contributed by atoms with Gasteiger partial charge in [-0.25, -0.2) is 9.97 Å². The zero-order chi connectivity index (χ0) is 25.8. The lowest BCUT2D eigenvalue weighted by Crippen LogP contribution is -1.97. The van der Waals surface area contributed by atoms with Crippen molar-refractivity contribution in [2.75, 3.05) is 0 Å². The van der Waals surface area contributed by atoms with E-state index in [1.165, 1.54) is 27.3 Å². The number of hydrogen-bond donors (Lipinski definition) is 0. The van der Waals surface area contributed by atoms with Gasteiger partial charge in [-0.2, -0.15) is 0 Å². The van der Waals surface area contributed by atoms with E-state index in [2.05, 4.69) is 132 Å². The minimum Gasteiger partial charge on any atom is -0.293 e. The van der Waals surface area contributed by atoms with Crippen LogP contribution in [-0.2, 0) is 0 Å². The van der Waals surface area contributed by atoms with E-state index < -0.39 is 0 Å². The molecule has 39 heavy (non-hydrogen) atoms. The number of nitrogens with zero attached hydrogens (tertiary/aromatic N) is 3. The fraction of sp³-hybridized carbons (Fsp3) is 0. The summed E-state index contributed by atoms with van der Waals surface area (Å²) < 4.78 is 2.31. The van der Waals surface area contributed by atoms with E-state index in [0.717, 1.165) is 44.7 Å². The maximum atomic E-state index is 5.23. The molecule has 0 spiro atoms. The van der Waals surface area contributed by atoms with Gasteiger partial charge in [0.1, 0.15) is 5.65 Å². The fourth-order valence-corrected chi connectivity index (χ4v) is 5.74. The van der Waals surface area contributed by atoms with Gasteiger partial charge in [-0.05, 0) is 28.6 Å². The van der Waals surface area contributed by atoms with E-state index >= 15 is 0 Å². The molecule has 3 heterocycles. The lowest BCUT2D eigenvalue weighted by Gasteiger charge is -2.11. The topological polar surface area (TPSA) is 30.2 Å². The van der Waals surface area contributed by atoms with Crippen molar-refractivity contribution in [2.24, 2.45) is 0 Å². The fourth-order valence-electron chi connectivity index (χ4n) is 5.74. The third-order valence-electron chi connectivity index (χ3n) is 7.59. The molecule has 0 aliphatic rings. The molecule has 0 atom stereocenters. The SMILES string of the molecule is c1ccc(-c2ccc(-c3nc(-c4ccccc4)c4cc5c6ccccc6c6ccccc6n5c4n3)cc2)cc1. The Hall–Kier alpha value is -5.28. The minimum absolute atomic E-state index is 0.721. The summed E-state index contributed by atoms with van der Waals surface area (Å²) in [5.74, 6) is 0.721. The van der Waals surface area contributed by atoms with E-state index in [4.69, 9.17) is 9.97 Å². The molecule has 3 heteroatoms. The van der Waals surface area contributed by atoms with E-state index in [1.54, 1.807) is 0 Å². The van der Waals surface area contributed by atoms with E-state index in [1.807, 2.05) is 12.1 Å². The molecule has 8 aromatic rings. The second-order valence-electron chi connectivity index (χ2n) is 9.87. The number of fused-ring (bicyclic) bond motifs is 8. The van der Waals surface area contributed by atoms with Crippen molar-refractivity contribution in [3.05, 3.63) is 140 Å². The van der Waals surface area contributed by atoms with Gasteiger partial charge in [0.25, 0.3) is 0 Å². The summed E-state index contributed by atoms with van der Waals surface area (Å²) >= 11 is 0. The highest BCUT2D eigenvalue weighted by Gasteiger charge is 2.18. The molecule has 0 aliphatic heterocycles. The van der Waals surface area contributed by atoms with Crippen LogP contribution in [0.4, 0.5) is 0 Å². The summed E-state index contributed by atoms with van der Waals surface area (Å²) in [5.41, 5.74) is 8.59.